The van der Waals surface area contributed by atoms with Gasteiger partial charge in [0.25, 0.3) is 5.91 Å². The summed E-state index contributed by atoms with van der Waals surface area (Å²) in [4.78, 5) is 17.0. The van der Waals surface area contributed by atoms with Gasteiger partial charge >= 0.3 is 0 Å². The van der Waals surface area contributed by atoms with E-state index in [1.165, 1.54) is 11.3 Å². The van der Waals surface area contributed by atoms with Crippen LogP contribution in [0.4, 0.5) is 5.13 Å². The van der Waals surface area contributed by atoms with Gasteiger partial charge in [-0.05, 0) is 42.7 Å². The molecule has 0 fully saturated rings. The Labute approximate surface area is 189 Å². The van der Waals surface area contributed by atoms with E-state index in [0.717, 1.165) is 27.0 Å². The van der Waals surface area contributed by atoms with E-state index < -0.39 is 0 Å². The molecule has 30 heavy (non-hydrogen) atoms. The van der Waals surface area contributed by atoms with Gasteiger partial charge in [-0.25, -0.2) is 4.98 Å². The number of halogens is 1. The Morgan fingerprint density at radius 1 is 1.13 bits per heavy atom. The number of nitrogens with one attached hydrogen (secondary N) is 1. The molecule has 7 heteroatoms. The number of thiazole rings is 1. The number of amides is 1. The Kier molecular flexibility index (Phi) is 7.15. The quantitative estimate of drug-likeness (QED) is 0.424. The third-order valence-electron chi connectivity index (χ3n) is 4.32. The Morgan fingerprint density at radius 2 is 1.90 bits per heavy atom. The summed E-state index contributed by atoms with van der Waals surface area (Å²) in [5.74, 6) is 1.22. The lowest BCUT2D eigenvalue weighted by atomic mass is 9.86. The third-order valence-corrected chi connectivity index (χ3v) is 5.57. The predicted octanol–water partition coefficient (Wildman–Crippen LogP) is 6.29. The van der Waals surface area contributed by atoms with Crippen LogP contribution in [0, 0.1) is 0 Å². The highest BCUT2D eigenvalue weighted by Crippen LogP contribution is 2.34. The fourth-order valence-electron chi connectivity index (χ4n) is 2.93. The molecule has 5 nitrogen and oxygen atoms in total. The fraction of sp³-hybridized carbons (Fsp3) is 0.304. The number of carbonyl (C=O) groups excluding carboxylic acids is 1. The summed E-state index contributed by atoms with van der Waals surface area (Å²) in [5, 5.41) is 5.25. The largest absolute Gasteiger partial charge is 0.493 e. The number of benzene rings is 2. The molecule has 158 valence electrons. The van der Waals surface area contributed by atoms with Crippen LogP contribution in [0.1, 0.15) is 33.3 Å². The minimum Gasteiger partial charge on any atom is -0.493 e. The van der Waals surface area contributed by atoms with E-state index in [0.29, 0.717) is 17.5 Å². The Balaban J connectivity index is 1.66. The number of ether oxygens (including phenoxy) is 2. The van der Waals surface area contributed by atoms with Crippen molar-refractivity contribution in [3.8, 4) is 22.8 Å². The molecular weight excluding hydrogens is 464 g/mol. The van der Waals surface area contributed by atoms with Crippen LogP contribution in [0.15, 0.2) is 52.3 Å². The van der Waals surface area contributed by atoms with Gasteiger partial charge in [0.15, 0.2) is 11.7 Å². The van der Waals surface area contributed by atoms with Crippen LogP contribution in [0.2, 0.25) is 0 Å². The number of aromatic nitrogens is 1. The van der Waals surface area contributed by atoms with Gasteiger partial charge in [-0.2, -0.15) is 0 Å². The van der Waals surface area contributed by atoms with Gasteiger partial charge in [0.1, 0.15) is 11.5 Å². The molecule has 0 spiro atoms. The number of rotatable bonds is 7. The molecule has 0 saturated carbocycles. The summed E-state index contributed by atoms with van der Waals surface area (Å²) in [7, 11) is 0. The molecule has 0 radical (unpaired) electrons. The van der Waals surface area contributed by atoms with Crippen molar-refractivity contribution in [1.29, 1.82) is 0 Å². The van der Waals surface area contributed by atoms with Crippen molar-refractivity contribution in [3.63, 3.8) is 0 Å². The molecule has 1 aromatic heterocycles. The maximum Gasteiger partial charge on any atom is 0.264 e. The van der Waals surface area contributed by atoms with Crippen LogP contribution < -0.4 is 14.8 Å². The lowest BCUT2D eigenvalue weighted by molar-refractivity contribution is -0.118. The lowest BCUT2D eigenvalue weighted by Crippen LogP contribution is -2.22. The first-order valence-corrected chi connectivity index (χ1v) is 11.4. The van der Waals surface area contributed by atoms with Gasteiger partial charge in [0.2, 0.25) is 0 Å². The summed E-state index contributed by atoms with van der Waals surface area (Å²) in [6.07, 6.45) is 0. The molecular formula is C23H25BrN2O3S. The number of nitrogens with zero attached hydrogens (tertiary/aromatic N) is 1. The van der Waals surface area contributed by atoms with Crippen LogP contribution in [0.5, 0.6) is 11.5 Å². The Bertz CT molecular complexity index is 1030. The minimum absolute atomic E-state index is 0.0881. The normalized spacial score (nSPS) is 11.2. The highest BCUT2D eigenvalue weighted by molar-refractivity contribution is 9.10. The Hall–Kier alpha value is -2.38. The van der Waals surface area contributed by atoms with E-state index in [9.17, 15) is 4.79 Å². The van der Waals surface area contributed by atoms with E-state index in [1.54, 1.807) is 0 Å². The van der Waals surface area contributed by atoms with Crippen molar-refractivity contribution >= 4 is 38.3 Å². The third kappa shape index (κ3) is 5.61. The summed E-state index contributed by atoms with van der Waals surface area (Å²) < 4.78 is 12.5. The topological polar surface area (TPSA) is 60.5 Å². The summed E-state index contributed by atoms with van der Waals surface area (Å²) in [5.41, 5.74) is 2.60. The first-order chi connectivity index (χ1) is 14.3. The fourth-order valence-corrected chi connectivity index (χ4v) is 4.02. The standard InChI is InChI=1S/C23H25BrN2O3S/c1-5-28-19-9-7-6-8-16(19)18-14-30-22(25-18)26-21(27)13-29-20-11-10-15(24)12-17(20)23(2,3)4/h6-12,14H,5,13H2,1-4H3,(H,25,26,27). The summed E-state index contributed by atoms with van der Waals surface area (Å²) in [6, 6.07) is 13.5. The van der Waals surface area contributed by atoms with Crippen molar-refractivity contribution in [3.05, 3.63) is 57.9 Å². The van der Waals surface area contributed by atoms with Crippen LogP contribution in [0.3, 0.4) is 0 Å². The highest BCUT2D eigenvalue weighted by atomic mass is 79.9. The number of carbonyl (C=O) groups is 1. The van der Waals surface area contributed by atoms with Crippen molar-refractivity contribution in [1.82, 2.24) is 4.98 Å². The van der Waals surface area contributed by atoms with Crippen LogP contribution in [-0.4, -0.2) is 24.1 Å². The van der Waals surface area contributed by atoms with Gasteiger partial charge in [0, 0.05) is 21.0 Å². The van der Waals surface area contributed by atoms with Gasteiger partial charge in [-0.3, -0.25) is 10.1 Å². The molecule has 3 aromatic rings. The van der Waals surface area contributed by atoms with Crippen LogP contribution in [-0.2, 0) is 10.2 Å². The van der Waals surface area contributed by atoms with Gasteiger partial charge in [0.05, 0.1) is 12.3 Å². The predicted molar refractivity (Wildman–Crippen MR) is 126 cm³/mol. The summed E-state index contributed by atoms with van der Waals surface area (Å²) >= 11 is 4.87. The molecule has 0 saturated heterocycles. The average Bonchev–Trinajstić information content (AvgIpc) is 3.15. The second kappa shape index (κ2) is 9.62. The van der Waals surface area contributed by atoms with Gasteiger partial charge in [-0.1, -0.05) is 48.8 Å². The zero-order valence-corrected chi connectivity index (χ0v) is 19.9. The second-order valence-corrected chi connectivity index (χ2v) is 9.47. The van der Waals surface area contributed by atoms with Crippen molar-refractivity contribution in [2.75, 3.05) is 18.5 Å². The number of hydrogen-bond acceptors (Lipinski definition) is 5. The van der Waals surface area contributed by atoms with Crippen molar-refractivity contribution < 1.29 is 14.3 Å². The van der Waals surface area contributed by atoms with Crippen molar-refractivity contribution in [2.24, 2.45) is 0 Å². The molecule has 1 amide bonds. The second-order valence-electron chi connectivity index (χ2n) is 7.69. The number of hydrogen-bond donors (Lipinski definition) is 1. The molecule has 0 aliphatic heterocycles. The molecule has 0 unspecified atom stereocenters. The first kappa shape index (κ1) is 22.3. The van der Waals surface area contributed by atoms with Crippen molar-refractivity contribution in [2.45, 2.75) is 33.1 Å². The maximum atomic E-state index is 12.4. The zero-order chi connectivity index (χ0) is 21.7. The molecule has 3 rings (SSSR count). The molecule has 0 atom stereocenters. The van der Waals surface area contributed by atoms with E-state index in [4.69, 9.17) is 9.47 Å². The summed E-state index contributed by atoms with van der Waals surface area (Å²) in [6.45, 7) is 8.76. The molecule has 0 bridgehead atoms. The number of para-hydroxylation sites is 1. The monoisotopic (exact) mass is 488 g/mol. The van der Waals surface area contributed by atoms with E-state index in [2.05, 4.69) is 47.0 Å². The smallest absolute Gasteiger partial charge is 0.264 e. The molecule has 2 aromatic carbocycles. The maximum absolute atomic E-state index is 12.4. The van der Waals surface area contributed by atoms with E-state index in [1.807, 2.05) is 54.8 Å². The highest BCUT2D eigenvalue weighted by Gasteiger charge is 2.20. The molecule has 1 heterocycles. The van der Waals surface area contributed by atoms with Crippen LogP contribution >= 0.6 is 27.3 Å². The molecule has 0 aliphatic carbocycles. The van der Waals surface area contributed by atoms with E-state index >= 15 is 0 Å². The average molecular weight is 489 g/mol. The Morgan fingerprint density at radius 3 is 2.63 bits per heavy atom. The van der Waals surface area contributed by atoms with Crippen LogP contribution in [0.25, 0.3) is 11.3 Å². The van der Waals surface area contributed by atoms with Gasteiger partial charge in [-0.15, -0.1) is 11.3 Å². The lowest BCUT2D eigenvalue weighted by Gasteiger charge is -2.23. The van der Waals surface area contributed by atoms with E-state index in [-0.39, 0.29) is 17.9 Å². The zero-order valence-electron chi connectivity index (χ0n) is 17.5. The van der Waals surface area contributed by atoms with Gasteiger partial charge < -0.3 is 9.47 Å². The molecule has 0 aliphatic rings. The SMILES string of the molecule is CCOc1ccccc1-c1csc(NC(=O)COc2ccc(Br)cc2C(C)(C)C)n1. The first-order valence-electron chi connectivity index (χ1n) is 9.68. The molecule has 1 N–H and O–H groups in total. The number of anilines is 1. The minimum atomic E-state index is -0.253.